The molecule has 0 bridgehead atoms. The van der Waals surface area contributed by atoms with Crippen LogP contribution in [0.2, 0.25) is 0 Å². The summed E-state index contributed by atoms with van der Waals surface area (Å²) in [5.41, 5.74) is 3.50. The van der Waals surface area contributed by atoms with Gasteiger partial charge in [0.1, 0.15) is 5.69 Å². The van der Waals surface area contributed by atoms with Gasteiger partial charge in [0.2, 0.25) is 0 Å². The number of benzene rings is 1. The van der Waals surface area contributed by atoms with Crippen molar-refractivity contribution < 1.29 is 13.2 Å². The molecule has 0 radical (unpaired) electrons. The molecule has 0 amide bonds. The molecular formula is C23H21ClF3N5O. The fourth-order valence-corrected chi connectivity index (χ4v) is 4.32. The Morgan fingerprint density at radius 1 is 1.06 bits per heavy atom. The lowest BCUT2D eigenvalue weighted by Gasteiger charge is -2.09. The first-order valence-electron chi connectivity index (χ1n) is 10.3. The lowest BCUT2D eigenvalue weighted by Crippen LogP contribution is -2.21. The van der Waals surface area contributed by atoms with Gasteiger partial charge in [0.05, 0.1) is 16.9 Å². The van der Waals surface area contributed by atoms with Crippen molar-refractivity contribution in [2.75, 3.05) is 13.1 Å². The smallest absolute Gasteiger partial charge is 0.347 e. The Bertz CT molecular complexity index is 1380. The third kappa shape index (κ3) is 4.14. The first kappa shape index (κ1) is 23.0. The van der Waals surface area contributed by atoms with Crippen LogP contribution in [0.5, 0.6) is 0 Å². The molecule has 1 N–H and O–H groups in total. The zero-order valence-electron chi connectivity index (χ0n) is 17.7. The standard InChI is InChI=1S/C23H20F3N5O.ClH/c1-30-19-7-10-27-9-6-17(19)16-4-3-15(12-20(16)30)31-11-8-18(29-22(31)32)14-2-5-21(28-13-14)23(24,25)26;/h2-5,8,11-13,27H,6-7,9-10H2,1H3;1H. The number of alkyl halides is 3. The van der Waals surface area contributed by atoms with Crippen molar-refractivity contribution in [3.05, 3.63) is 76.2 Å². The molecule has 3 aromatic heterocycles. The maximum Gasteiger partial charge on any atom is 0.433 e. The van der Waals surface area contributed by atoms with Crippen molar-refractivity contribution in [1.29, 1.82) is 0 Å². The fraction of sp³-hybridized carbons (Fsp3) is 0.261. The van der Waals surface area contributed by atoms with E-state index in [1.54, 1.807) is 12.3 Å². The zero-order chi connectivity index (χ0) is 22.5. The molecule has 0 aliphatic carbocycles. The molecule has 0 atom stereocenters. The highest BCUT2D eigenvalue weighted by Gasteiger charge is 2.32. The zero-order valence-corrected chi connectivity index (χ0v) is 18.5. The lowest BCUT2D eigenvalue weighted by atomic mass is 10.1. The van der Waals surface area contributed by atoms with Crippen LogP contribution in [-0.4, -0.2) is 32.2 Å². The highest BCUT2D eigenvalue weighted by atomic mass is 35.5. The maximum absolute atomic E-state index is 12.7. The molecule has 4 aromatic rings. The topological polar surface area (TPSA) is 64.7 Å². The van der Waals surface area contributed by atoms with E-state index in [1.807, 2.05) is 25.2 Å². The minimum atomic E-state index is -4.51. The van der Waals surface area contributed by atoms with Crippen LogP contribution in [0.1, 0.15) is 17.0 Å². The van der Waals surface area contributed by atoms with Crippen molar-refractivity contribution in [2.45, 2.75) is 19.0 Å². The van der Waals surface area contributed by atoms with Crippen LogP contribution >= 0.6 is 12.4 Å². The van der Waals surface area contributed by atoms with Crippen molar-refractivity contribution in [3.8, 4) is 16.9 Å². The molecule has 0 unspecified atom stereocenters. The molecule has 0 spiro atoms. The van der Waals surface area contributed by atoms with Crippen LogP contribution in [0.4, 0.5) is 13.2 Å². The largest absolute Gasteiger partial charge is 0.433 e. The van der Waals surface area contributed by atoms with Crippen LogP contribution in [0.3, 0.4) is 0 Å². The molecule has 1 aliphatic heterocycles. The maximum atomic E-state index is 12.7. The highest BCUT2D eigenvalue weighted by molar-refractivity contribution is 5.87. The van der Waals surface area contributed by atoms with E-state index in [-0.39, 0.29) is 18.1 Å². The minimum Gasteiger partial charge on any atom is -0.347 e. The van der Waals surface area contributed by atoms with E-state index in [2.05, 4.69) is 19.9 Å². The summed E-state index contributed by atoms with van der Waals surface area (Å²) in [6.45, 7) is 1.88. The second kappa shape index (κ2) is 8.64. The normalized spacial score (nSPS) is 13.9. The monoisotopic (exact) mass is 475 g/mol. The second-order valence-electron chi connectivity index (χ2n) is 7.83. The van der Waals surface area contributed by atoms with E-state index in [4.69, 9.17) is 0 Å². The summed E-state index contributed by atoms with van der Waals surface area (Å²) in [5.74, 6) is 0. The van der Waals surface area contributed by atoms with Crippen molar-refractivity contribution >= 4 is 23.3 Å². The predicted octanol–water partition coefficient (Wildman–Crippen LogP) is 3.92. The molecule has 6 nitrogen and oxygen atoms in total. The van der Waals surface area contributed by atoms with Crippen LogP contribution in [0.15, 0.2) is 53.6 Å². The fourth-order valence-electron chi connectivity index (χ4n) is 4.32. The van der Waals surface area contributed by atoms with Crippen LogP contribution in [-0.2, 0) is 26.1 Å². The van der Waals surface area contributed by atoms with Gasteiger partial charge in [-0.25, -0.2) is 4.79 Å². The number of fused-ring (bicyclic) bond motifs is 3. The van der Waals surface area contributed by atoms with Crippen LogP contribution in [0.25, 0.3) is 27.8 Å². The van der Waals surface area contributed by atoms with E-state index in [9.17, 15) is 18.0 Å². The third-order valence-electron chi connectivity index (χ3n) is 5.94. The van der Waals surface area contributed by atoms with Crippen molar-refractivity contribution in [2.24, 2.45) is 7.05 Å². The number of nitrogens with zero attached hydrogens (tertiary/aromatic N) is 4. The summed E-state index contributed by atoms with van der Waals surface area (Å²) >= 11 is 0. The predicted molar refractivity (Wildman–Crippen MR) is 122 cm³/mol. The SMILES string of the molecule is Cl.Cn1c2c(c3ccc(-n4ccc(-c5ccc(C(F)(F)F)nc5)nc4=O)cc31)CCNCC2. The van der Waals surface area contributed by atoms with Gasteiger partial charge in [0.25, 0.3) is 0 Å². The molecule has 10 heteroatoms. The van der Waals surface area contributed by atoms with Gasteiger partial charge in [-0.2, -0.15) is 18.2 Å². The van der Waals surface area contributed by atoms with E-state index in [0.29, 0.717) is 11.3 Å². The summed E-state index contributed by atoms with van der Waals surface area (Å²) in [6, 6.07) is 9.64. The molecule has 1 aromatic carbocycles. The number of rotatable bonds is 2. The van der Waals surface area contributed by atoms with Crippen molar-refractivity contribution in [1.82, 2.24) is 24.4 Å². The second-order valence-corrected chi connectivity index (χ2v) is 7.83. The van der Waals surface area contributed by atoms with Crippen LogP contribution in [0, 0.1) is 0 Å². The van der Waals surface area contributed by atoms with E-state index < -0.39 is 17.6 Å². The number of pyridine rings is 1. The number of aryl methyl sites for hydroxylation is 1. The Labute approximate surface area is 193 Å². The molecule has 0 fully saturated rings. The number of hydrogen-bond donors (Lipinski definition) is 1. The van der Waals surface area contributed by atoms with E-state index >= 15 is 0 Å². The van der Waals surface area contributed by atoms with Gasteiger partial charge >= 0.3 is 11.9 Å². The van der Waals surface area contributed by atoms with Gasteiger partial charge in [-0.1, -0.05) is 6.07 Å². The summed E-state index contributed by atoms with van der Waals surface area (Å²) in [7, 11) is 2.04. The Morgan fingerprint density at radius 3 is 2.55 bits per heavy atom. The summed E-state index contributed by atoms with van der Waals surface area (Å²) in [4.78, 5) is 20.2. The lowest BCUT2D eigenvalue weighted by molar-refractivity contribution is -0.141. The van der Waals surface area contributed by atoms with Gasteiger partial charge in [-0.3, -0.25) is 9.55 Å². The molecule has 4 heterocycles. The first-order chi connectivity index (χ1) is 15.3. The Balaban J connectivity index is 0.00000259. The highest BCUT2D eigenvalue weighted by Crippen LogP contribution is 2.30. The number of aromatic nitrogens is 4. The number of halogens is 4. The third-order valence-corrected chi connectivity index (χ3v) is 5.94. The van der Waals surface area contributed by atoms with Gasteiger partial charge < -0.3 is 9.88 Å². The van der Waals surface area contributed by atoms with Gasteiger partial charge in [0.15, 0.2) is 0 Å². The molecule has 172 valence electrons. The average Bonchev–Trinajstić information content (AvgIpc) is 2.93. The summed E-state index contributed by atoms with van der Waals surface area (Å²) < 4.78 is 41.8. The van der Waals surface area contributed by atoms with Crippen LogP contribution < -0.4 is 11.0 Å². The molecular weight excluding hydrogens is 455 g/mol. The molecule has 5 rings (SSSR count). The van der Waals surface area contributed by atoms with Gasteiger partial charge in [-0.15, -0.1) is 12.4 Å². The van der Waals surface area contributed by atoms with Gasteiger partial charge in [-0.05, 0) is 48.9 Å². The molecule has 0 saturated carbocycles. The average molecular weight is 476 g/mol. The van der Waals surface area contributed by atoms with Gasteiger partial charge in [0, 0.05) is 49.1 Å². The first-order valence-corrected chi connectivity index (χ1v) is 10.3. The van der Waals surface area contributed by atoms with E-state index in [1.165, 1.54) is 27.3 Å². The summed E-state index contributed by atoms with van der Waals surface area (Å²) in [5, 5.41) is 4.60. The Kier molecular flexibility index (Phi) is 6.02. The number of hydrogen-bond acceptors (Lipinski definition) is 4. The van der Waals surface area contributed by atoms with Crippen molar-refractivity contribution in [3.63, 3.8) is 0 Å². The molecule has 0 saturated heterocycles. The quantitative estimate of drug-likeness (QED) is 0.477. The minimum absolute atomic E-state index is 0. The summed E-state index contributed by atoms with van der Waals surface area (Å²) in [6.07, 6.45) is 0.0601. The van der Waals surface area contributed by atoms with E-state index in [0.717, 1.165) is 43.7 Å². The Morgan fingerprint density at radius 2 is 1.85 bits per heavy atom. The molecule has 1 aliphatic rings. The number of nitrogens with one attached hydrogen (secondary N) is 1. The molecule has 33 heavy (non-hydrogen) atoms. The Hall–Kier alpha value is -3.17.